The lowest BCUT2D eigenvalue weighted by Crippen LogP contribution is -2.25. The third kappa shape index (κ3) is 4.24. The molecule has 0 saturated heterocycles. The predicted molar refractivity (Wildman–Crippen MR) is 92.0 cm³/mol. The van der Waals surface area contributed by atoms with Gasteiger partial charge < -0.3 is 10.4 Å². The third-order valence-corrected chi connectivity index (χ3v) is 3.98. The van der Waals surface area contributed by atoms with Crippen molar-refractivity contribution in [3.05, 3.63) is 80.5 Å². The highest BCUT2D eigenvalue weighted by Crippen LogP contribution is 2.23. The van der Waals surface area contributed by atoms with Gasteiger partial charge in [-0.2, -0.15) is 10.1 Å². The summed E-state index contributed by atoms with van der Waals surface area (Å²) in [6.45, 7) is 0.329. The molecular formula is C18H13F5N4O2. The highest BCUT2D eigenvalue weighted by atomic mass is 19.2. The van der Waals surface area contributed by atoms with Crippen molar-refractivity contribution in [2.75, 3.05) is 5.32 Å². The molecule has 0 radical (unpaired) electrons. The molecule has 3 rings (SSSR count). The van der Waals surface area contributed by atoms with E-state index in [2.05, 4.69) is 15.4 Å². The molecule has 6 nitrogen and oxygen atoms in total. The van der Waals surface area contributed by atoms with Crippen LogP contribution < -0.4 is 10.9 Å². The predicted octanol–water partition coefficient (Wildman–Crippen LogP) is 2.93. The molecule has 0 aliphatic carbocycles. The average molecular weight is 412 g/mol. The molecular weight excluding hydrogens is 399 g/mol. The van der Waals surface area contributed by atoms with E-state index in [-0.39, 0.29) is 35.0 Å². The van der Waals surface area contributed by atoms with E-state index < -0.39 is 41.3 Å². The lowest BCUT2D eigenvalue weighted by atomic mass is 10.2. The summed E-state index contributed by atoms with van der Waals surface area (Å²) in [6, 6.07) is 3.20. The number of aliphatic hydroxyl groups excluding tert-OH is 1. The molecule has 29 heavy (non-hydrogen) atoms. The maximum absolute atomic E-state index is 13.6. The molecule has 0 bridgehead atoms. The molecule has 0 fully saturated rings. The second-order valence-electron chi connectivity index (χ2n) is 6.08. The van der Waals surface area contributed by atoms with Gasteiger partial charge in [-0.3, -0.25) is 4.79 Å². The topological polar surface area (TPSA) is 80.0 Å². The molecule has 1 heterocycles. The SMILES string of the molecule is Cc1cc(F)c(F)cc1Nc1nc(=O)c(CO)nn1Cc1cc(F)c(F)c(F)c1. The van der Waals surface area contributed by atoms with Gasteiger partial charge in [0, 0.05) is 11.8 Å². The van der Waals surface area contributed by atoms with Crippen LogP contribution in [-0.2, 0) is 13.2 Å². The van der Waals surface area contributed by atoms with E-state index in [4.69, 9.17) is 0 Å². The Hall–Kier alpha value is -3.34. The number of nitrogens with zero attached hydrogens (tertiary/aromatic N) is 3. The highest BCUT2D eigenvalue weighted by molar-refractivity contribution is 5.58. The minimum atomic E-state index is -1.65. The Morgan fingerprint density at radius 3 is 2.24 bits per heavy atom. The Kier molecular flexibility index (Phi) is 5.59. The zero-order valence-corrected chi connectivity index (χ0v) is 14.8. The van der Waals surface area contributed by atoms with Crippen molar-refractivity contribution in [2.24, 2.45) is 0 Å². The summed E-state index contributed by atoms with van der Waals surface area (Å²) in [7, 11) is 0. The lowest BCUT2D eigenvalue weighted by molar-refractivity contribution is 0.271. The number of anilines is 2. The van der Waals surface area contributed by atoms with E-state index >= 15 is 0 Å². The molecule has 3 aromatic rings. The highest BCUT2D eigenvalue weighted by Gasteiger charge is 2.16. The molecule has 0 aliphatic rings. The van der Waals surface area contributed by atoms with Crippen LogP contribution in [0.4, 0.5) is 33.6 Å². The number of hydrogen-bond acceptors (Lipinski definition) is 5. The Balaban J connectivity index is 2.07. The molecule has 11 heteroatoms. The van der Waals surface area contributed by atoms with Gasteiger partial charge in [0.05, 0.1) is 13.2 Å². The smallest absolute Gasteiger partial charge is 0.298 e. The van der Waals surface area contributed by atoms with Crippen molar-refractivity contribution in [1.82, 2.24) is 14.8 Å². The van der Waals surface area contributed by atoms with Crippen LogP contribution in [0.25, 0.3) is 0 Å². The summed E-state index contributed by atoms with van der Waals surface area (Å²) in [5.41, 5.74) is -0.994. The van der Waals surface area contributed by atoms with E-state index in [0.717, 1.165) is 28.9 Å². The fraction of sp³-hybridized carbons (Fsp3) is 0.167. The number of rotatable bonds is 5. The number of benzene rings is 2. The maximum Gasteiger partial charge on any atom is 0.298 e. The van der Waals surface area contributed by atoms with Gasteiger partial charge in [-0.25, -0.2) is 26.6 Å². The molecule has 0 amide bonds. The first-order chi connectivity index (χ1) is 13.7. The number of hydrogen-bond donors (Lipinski definition) is 2. The average Bonchev–Trinajstić information content (AvgIpc) is 2.66. The fourth-order valence-corrected chi connectivity index (χ4v) is 2.53. The number of aryl methyl sites for hydroxylation is 1. The summed E-state index contributed by atoms with van der Waals surface area (Å²) >= 11 is 0. The van der Waals surface area contributed by atoms with Gasteiger partial charge in [0.1, 0.15) is 0 Å². The van der Waals surface area contributed by atoms with Crippen molar-refractivity contribution >= 4 is 11.6 Å². The van der Waals surface area contributed by atoms with E-state index in [0.29, 0.717) is 0 Å². The van der Waals surface area contributed by atoms with Crippen LogP contribution in [-0.4, -0.2) is 19.9 Å². The van der Waals surface area contributed by atoms with Crippen LogP contribution in [0, 0.1) is 36.0 Å². The van der Waals surface area contributed by atoms with Gasteiger partial charge in [-0.1, -0.05) is 0 Å². The molecule has 1 aromatic heterocycles. The summed E-state index contributed by atoms with van der Waals surface area (Å²) < 4.78 is 68.0. The van der Waals surface area contributed by atoms with Crippen molar-refractivity contribution in [3.63, 3.8) is 0 Å². The summed E-state index contributed by atoms with van der Waals surface area (Å²) in [6.07, 6.45) is 0. The van der Waals surface area contributed by atoms with E-state index in [9.17, 15) is 31.9 Å². The van der Waals surface area contributed by atoms with Crippen molar-refractivity contribution < 1.29 is 27.1 Å². The van der Waals surface area contributed by atoms with Gasteiger partial charge in [-0.15, -0.1) is 0 Å². The van der Waals surface area contributed by atoms with Crippen LogP contribution in [0.3, 0.4) is 0 Å². The first-order valence-corrected chi connectivity index (χ1v) is 8.14. The molecule has 0 aliphatic heterocycles. The van der Waals surface area contributed by atoms with Crippen molar-refractivity contribution in [1.29, 1.82) is 0 Å². The quantitative estimate of drug-likeness (QED) is 0.498. The minimum absolute atomic E-state index is 0.0552. The minimum Gasteiger partial charge on any atom is -0.390 e. The zero-order valence-electron chi connectivity index (χ0n) is 14.8. The van der Waals surface area contributed by atoms with Gasteiger partial charge >= 0.3 is 0 Å². The second-order valence-corrected chi connectivity index (χ2v) is 6.08. The van der Waals surface area contributed by atoms with E-state index in [1.54, 1.807) is 0 Å². The van der Waals surface area contributed by atoms with Gasteiger partial charge in [-0.05, 0) is 36.2 Å². The molecule has 2 N–H and O–H groups in total. The maximum atomic E-state index is 13.6. The molecule has 152 valence electrons. The third-order valence-electron chi connectivity index (χ3n) is 3.98. The molecule has 0 spiro atoms. The Morgan fingerprint density at radius 1 is 1.00 bits per heavy atom. The summed E-state index contributed by atoms with van der Waals surface area (Å²) in [5, 5.41) is 15.7. The number of aliphatic hydroxyl groups is 1. The standard InChI is InChI=1S/C18H13F5N4O2/c1-8-2-10(19)11(20)5-14(8)24-18-25-17(29)15(7-28)26-27(18)6-9-3-12(21)16(23)13(22)4-9/h2-5,28H,6-7H2,1H3,(H,24,25,29). The first-order valence-electron chi connectivity index (χ1n) is 8.14. The summed E-state index contributed by atoms with van der Waals surface area (Å²) in [5.74, 6) is -7.01. The number of halogens is 5. The van der Waals surface area contributed by atoms with Crippen molar-refractivity contribution in [2.45, 2.75) is 20.1 Å². The second kappa shape index (κ2) is 7.95. The zero-order chi connectivity index (χ0) is 21.3. The lowest BCUT2D eigenvalue weighted by Gasteiger charge is -2.15. The van der Waals surface area contributed by atoms with Gasteiger partial charge in [0.15, 0.2) is 34.8 Å². The van der Waals surface area contributed by atoms with Crippen LogP contribution in [0.2, 0.25) is 0 Å². The Labute approximate surface area is 160 Å². The van der Waals surface area contributed by atoms with E-state index in [1.165, 1.54) is 6.92 Å². The van der Waals surface area contributed by atoms with Crippen LogP contribution in [0.5, 0.6) is 0 Å². The van der Waals surface area contributed by atoms with Crippen LogP contribution in [0.15, 0.2) is 29.1 Å². The summed E-state index contributed by atoms with van der Waals surface area (Å²) in [4.78, 5) is 15.6. The fourth-order valence-electron chi connectivity index (χ4n) is 2.53. The van der Waals surface area contributed by atoms with Gasteiger partial charge in [0.2, 0.25) is 5.95 Å². The van der Waals surface area contributed by atoms with Crippen LogP contribution in [0.1, 0.15) is 16.8 Å². The van der Waals surface area contributed by atoms with Crippen molar-refractivity contribution in [3.8, 4) is 0 Å². The number of aromatic nitrogens is 3. The monoisotopic (exact) mass is 412 g/mol. The normalized spacial score (nSPS) is 11.0. The Bertz CT molecular complexity index is 1130. The molecule has 0 unspecified atom stereocenters. The first kappa shape index (κ1) is 20.4. The Morgan fingerprint density at radius 2 is 1.62 bits per heavy atom. The molecule has 0 saturated carbocycles. The van der Waals surface area contributed by atoms with Gasteiger partial charge in [0.25, 0.3) is 5.56 Å². The largest absolute Gasteiger partial charge is 0.390 e. The van der Waals surface area contributed by atoms with Crippen LogP contribution >= 0.6 is 0 Å². The van der Waals surface area contributed by atoms with E-state index in [1.807, 2.05) is 0 Å². The number of nitrogens with one attached hydrogen (secondary N) is 1. The molecule has 2 aromatic carbocycles. The molecule has 0 atom stereocenters.